The third-order valence-corrected chi connectivity index (χ3v) is 9.74. The Bertz CT molecular complexity index is 919. The Morgan fingerprint density at radius 1 is 1.10 bits per heavy atom. The zero-order valence-electron chi connectivity index (χ0n) is 18.5. The molecule has 2 unspecified atom stereocenters. The molecule has 3 saturated heterocycles. The van der Waals surface area contributed by atoms with Crippen molar-refractivity contribution in [3.8, 4) is 0 Å². The van der Waals surface area contributed by atoms with Gasteiger partial charge in [-0.05, 0) is 59.4 Å². The van der Waals surface area contributed by atoms with Gasteiger partial charge in [-0.3, -0.25) is 9.69 Å². The van der Waals surface area contributed by atoms with Crippen molar-refractivity contribution in [3.63, 3.8) is 0 Å². The van der Waals surface area contributed by atoms with Crippen LogP contribution in [0.5, 0.6) is 0 Å². The van der Waals surface area contributed by atoms with E-state index < -0.39 is 10.2 Å². The van der Waals surface area contributed by atoms with E-state index in [1.165, 1.54) is 0 Å². The molecule has 5 rings (SSSR count). The molecule has 9 nitrogen and oxygen atoms in total. The maximum Gasteiger partial charge on any atom is 0.282 e. The first-order valence-corrected chi connectivity index (χ1v) is 12.9. The molecule has 2 bridgehead atoms. The maximum absolute atomic E-state index is 13.5. The van der Waals surface area contributed by atoms with Crippen LogP contribution < -0.4 is 5.32 Å². The van der Waals surface area contributed by atoms with Crippen LogP contribution in [-0.4, -0.2) is 83.3 Å². The highest BCUT2D eigenvalue weighted by Crippen LogP contribution is 2.41. The van der Waals surface area contributed by atoms with Crippen LogP contribution in [0.3, 0.4) is 0 Å². The maximum atomic E-state index is 13.5. The zero-order chi connectivity index (χ0) is 21.9. The van der Waals surface area contributed by atoms with Crippen LogP contribution in [0.1, 0.15) is 74.5 Å². The molecule has 1 aromatic heterocycles. The normalized spacial score (nSPS) is 35.4. The van der Waals surface area contributed by atoms with Crippen LogP contribution in [0.25, 0.3) is 0 Å². The quantitative estimate of drug-likeness (QED) is 0.729. The first kappa shape index (κ1) is 21.4. The van der Waals surface area contributed by atoms with Gasteiger partial charge in [0.15, 0.2) is 5.69 Å². The van der Waals surface area contributed by atoms with Crippen molar-refractivity contribution in [1.29, 1.82) is 0 Å². The summed E-state index contributed by atoms with van der Waals surface area (Å²) in [5.74, 6) is 0.984. The SMILES string of the molecule is CC1CN(S(=O)(=O)N2[C@@H]3CC[C@H]2C[C@@H](NC(=O)c2cc(C4CC4)on2)C3)CC(C)N1C. The molecule has 1 aliphatic carbocycles. The number of piperidine rings is 1. The number of likely N-dealkylation sites (N-methyl/N-ethyl adjacent to an activating group) is 1. The minimum Gasteiger partial charge on any atom is -0.360 e. The number of piperazine rings is 1. The zero-order valence-corrected chi connectivity index (χ0v) is 19.3. The molecule has 4 fully saturated rings. The predicted molar refractivity (Wildman–Crippen MR) is 115 cm³/mol. The highest BCUT2D eigenvalue weighted by molar-refractivity contribution is 7.86. The van der Waals surface area contributed by atoms with E-state index in [2.05, 4.69) is 36.3 Å². The van der Waals surface area contributed by atoms with Crippen LogP contribution >= 0.6 is 0 Å². The number of amides is 1. The Labute approximate surface area is 184 Å². The largest absolute Gasteiger partial charge is 0.360 e. The van der Waals surface area contributed by atoms with E-state index in [0.717, 1.165) is 31.4 Å². The Kier molecular flexibility index (Phi) is 5.39. The Morgan fingerprint density at radius 3 is 2.29 bits per heavy atom. The molecule has 0 radical (unpaired) electrons. The fourth-order valence-corrected chi connectivity index (χ4v) is 7.73. The van der Waals surface area contributed by atoms with Crippen molar-refractivity contribution in [2.75, 3.05) is 20.1 Å². The van der Waals surface area contributed by atoms with Gasteiger partial charge < -0.3 is 9.84 Å². The number of carbonyl (C=O) groups is 1. The van der Waals surface area contributed by atoms with Crippen molar-refractivity contribution in [2.45, 2.75) is 88.5 Å². The minimum absolute atomic E-state index is 0.0390. The van der Waals surface area contributed by atoms with Gasteiger partial charge in [0.1, 0.15) is 5.76 Å². The number of nitrogens with zero attached hydrogens (tertiary/aromatic N) is 4. The van der Waals surface area contributed by atoms with E-state index in [9.17, 15) is 13.2 Å². The van der Waals surface area contributed by atoms with Gasteiger partial charge in [0.25, 0.3) is 16.1 Å². The van der Waals surface area contributed by atoms with Crippen LogP contribution in [-0.2, 0) is 10.2 Å². The van der Waals surface area contributed by atoms with Crippen LogP contribution in [0, 0.1) is 0 Å². The van der Waals surface area contributed by atoms with E-state index >= 15 is 0 Å². The summed E-state index contributed by atoms with van der Waals surface area (Å²) < 4.78 is 35.8. The molecule has 1 aromatic rings. The Hall–Kier alpha value is -1.49. The summed E-state index contributed by atoms with van der Waals surface area (Å²) in [7, 11) is -1.46. The summed E-state index contributed by atoms with van der Waals surface area (Å²) >= 11 is 0. The highest BCUT2D eigenvalue weighted by atomic mass is 32.2. The number of carbonyl (C=O) groups excluding carboxylic acids is 1. The molecule has 5 atom stereocenters. The monoisotopic (exact) mass is 451 g/mol. The third-order valence-electron chi connectivity index (χ3n) is 7.66. The molecule has 3 aliphatic heterocycles. The second-order valence-corrected chi connectivity index (χ2v) is 11.8. The lowest BCUT2D eigenvalue weighted by Gasteiger charge is -2.45. The molecule has 4 aliphatic rings. The second-order valence-electron chi connectivity index (χ2n) is 9.93. The second kappa shape index (κ2) is 7.83. The summed E-state index contributed by atoms with van der Waals surface area (Å²) in [6.45, 7) is 5.20. The molecule has 172 valence electrons. The topological polar surface area (TPSA) is 99.0 Å². The van der Waals surface area contributed by atoms with Crippen LogP contribution in [0.4, 0.5) is 0 Å². The van der Waals surface area contributed by atoms with Gasteiger partial charge in [0.2, 0.25) is 0 Å². The lowest BCUT2D eigenvalue weighted by molar-refractivity contribution is 0.0872. The summed E-state index contributed by atoms with van der Waals surface area (Å²) in [4.78, 5) is 14.9. The summed E-state index contributed by atoms with van der Waals surface area (Å²) in [5, 5.41) is 7.01. The average Bonchev–Trinajstić information content (AvgIpc) is 3.37. The molecule has 1 saturated carbocycles. The first-order chi connectivity index (χ1) is 14.7. The molecule has 31 heavy (non-hydrogen) atoms. The third kappa shape index (κ3) is 3.92. The summed E-state index contributed by atoms with van der Waals surface area (Å²) in [5.41, 5.74) is 0.324. The smallest absolute Gasteiger partial charge is 0.282 e. The number of nitrogens with one attached hydrogen (secondary N) is 1. The van der Waals surface area contributed by atoms with Gasteiger partial charge in [-0.25, -0.2) is 0 Å². The van der Waals surface area contributed by atoms with E-state index in [1.54, 1.807) is 14.7 Å². The highest BCUT2D eigenvalue weighted by Gasteiger charge is 2.50. The molecule has 10 heteroatoms. The van der Waals surface area contributed by atoms with Crippen molar-refractivity contribution < 1.29 is 17.7 Å². The lowest BCUT2D eigenvalue weighted by atomic mass is 9.99. The number of hydrogen-bond donors (Lipinski definition) is 1. The lowest BCUT2D eigenvalue weighted by Crippen LogP contribution is -2.62. The van der Waals surface area contributed by atoms with Gasteiger partial charge >= 0.3 is 0 Å². The van der Waals surface area contributed by atoms with E-state index in [1.807, 2.05) is 0 Å². The van der Waals surface area contributed by atoms with Crippen molar-refractivity contribution in [3.05, 3.63) is 17.5 Å². The standard InChI is InChI=1S/C21H33N5O4S/c1-13-11-25(12-14(2)24(13)3)31(28,29)26-17-6-7-18(26)9-16(8-17)22-21(27)19-10-20(30-23-19)15-4-5-15/h10,13-18H,4-9,11-12H2,1-3H3,(H,22,27)/t13?,14?,16-,17+,18-. The van der Waals surface area contributed by atoms with E-state index in [-0.39, 0.29) is 36.1 Å². The van der Waals surface area contributed by atoms with Gasteiger partial charge in [0, 0.05) is 55.3 Å². The van der Waals surface area contributed by atoms with Gasteiger partial charge in [0.05, 0.1) is 0 Å². The molecular weight excluding hydrogens is 418 g/mol. The van der Waals surface area contributed by atoms with Gasteiger partial charge in [-0.2, -0.15) is 17.0 Å². The van der Waals surface area contributed by atoms with E-state index in [0.29, 0.717) is 37.5 Å². The average molecular weight is 452 g/mol. The Morgan fingerprint density at radius 2 is 1.71 bits per heavy atom. The fraction of sp³-hybridized carbons (Fsp3) is 0.810. The number of aromatic nitrogens is 1. The Balaban J connectivity index is 1.24. The van der Waals surface area contributed by atoms with Crippen molar-refractivity contribution >= 4 is 16.1 Å². The number of rotatable bonds is 5. The van der Waals surface area contributed by atoms with Crippen LogP contribution in [0.2, 0.25) is 0 Å². The van der Waals surface area contributed by atoms with Crippen LogP contribution in [0.15, 0.2) is 10.6 Å². The van der Waals surface area contributed by atoms with E-state index in [4.69, 9.17) is 4.52 Å². The predicted octanol–water partition coefficient (Wildman–Crippen LogP) is 1.55. The fourth-order valence-electron chi connectivity index (χ4n) is 5.52. The molecule has 1 N–H and O–H groups in total. The summed E-state index contributed by atoms with van der Waals surface area (Å²) in [6, 6.07) is 1.98. The van der Waals surface area contributed by atoms with Crippen molar-refractivity contribution in [2.24, 2.45) is 0 Å². The molecule has 0 aromatic carbocycles. The summed E-state index contributed by atoms with van der Waals surface area (Å²) in [6.07, 6.45) is 5.19. The first-order valence-electron chi connectivity index (χ1n) is 11.5. The molecule has 0 spiro atoms. The number of hydrogen-bond acceptors (Lipinski definition) is 6. The van der Waals surface area contributed by atoms with Gasteiger partial charge in [-0.15, -0.1) is 0 Å². The molecule has 4 heterocycles. The molecular formula is C21H33N5O4S. The molecule has 1 amide bonds. The van der Waals surface area contributed by atoms with Gasteiger partial charge in [-0.1, -0.05) is 5.16 Å². The minimum atomic E-state index is -3.51. The number of fused-ring (bicyclic) bond motifs is 2. The van der Waals surface area contributed by atoms with Crippen molar-refractivity contribution in [1.82, 2.24) is 24.0 Å².